The molecule has 0 aliphatic rings. The standard InChI is InChI=1S/C56H96O6/c1-4-7-10-13-16-19-22-25-26-27-28-29-32-34-37-40-43-46-49-55(58)61-52-53(62-56(59)50-47-44-41-38-35-31-24-21-18-15-12-9-6-3)51-60-54(57)48-45-42-39-36-33-30-23-20-17-14-11-8-5-2/h9,12,15,18,21,24,28-29,31,35,38,41,53H,4-8,10-11,13-14,16-17,19-20,22-23,25-27,30,32-34,36-37,39-40,42-52H2,1-3H3/b12-9-,18-15-,24-21-,29-28-,35-31-,41-38-. The third-order valence-corrected chi connectivity index (χ3v) is 11.1. The molecule has 0 bridgehead atoms. The first kappa shape index (κ1) is 58.9. The summed E-state index contributed by atoms with van der Waals surface area (Å²) in [5.41, 5.74) is 0. The van der Waals surface area contributed by atoms with E-state index in [2.05, 4.69) is 39.0 Å². The molecule has 0 spiro atoms. The topological polar surface area (TPSA) is 78.9 Å². The second kappa shape index (κ2) is 50.5. The summed E-state index contributed by atoms with van der Waals surface area (Å²) in [7, 11) is 0. The van der Waals surface area contributed by atoms with Crippen molar-refractivity contribution in [1.29, 1.82) is 0 Å². The van der Waals surface area contributed by atoms with E-state index in [1.807, 2.05) is 54.7 Å². The molecule has 0 aliphatic heterocycles. The predicted octanol–water partition coefficient (Wildman–Crippen LogP) is 17.0. The minimum atomic E-state index is -0.813. The number of unbranched alkanes of at least 4 members (excludes halogenated alkanes) is 27. The van der Waals surface area contributed by atoms with Gasteiger partial charge in [0.25, 0.3) is 0 Å². The fourth-order valence-corrected chi connectivity index (χ4v) is 7.17. The summed E-state index contributed by atoms with van der Waals surface area (Å²) in [6.07, 6.45) is 63.3. The largest absolute Gasteiger partial charge is 0.462 e. The van der Waals surface area contributed by atoms with Crippen molar-refractivity contribution in [2.75, 3.05) is 13.2 Å². The maximum Gasteiger partial charge on any atom is 0.306 e. The van der Waals surface area contributed by atoms with Crippen molar-refractivity contribution < 1.29 is 28.6 Å². The van der Waals surface area contributed by atoms with Crippen LogP contribution < -0.4 is 0 Å². The molecule has 1 atom stereocenters. The van der Waals surface area contributed by atoms with Crippen LogP contribution in [0.25, 0.3) is 0 Å². The van der Waals surface area contributed by atoms with Gasteiger partial charge in [-0.15, -0.1) is 0 Å². The van der Waals surface area contributed by atoms with E-state index in [-0.39, 0.29) is 37.5 Å². The molecule has 0 saturated carbocycles. The Balaban J connectivity index is 4.44. The van der Waals surface area contributed by atoms with Crippen LogP contribution in [0.5, 0.6) is 0 Å². The Morgan fingerprint density at radius 3 is 1.06 bits per heavy atom. The van der Waals surface area contributed by atoms with Gasteiger partial charge in [0.1, 0.15) is 13.2 Å². The molecule has 0 aromatic rings. The Labute approximate surface area is 382 Å². The predicted molar refractivity (Wildman–Crippen MR) is 265 cm³/mol. The Hall–Kier alpha value is -3.15. The van der Waals surface area contributed by atoms with Gasteiger partial charge in [-0.3, -0.25) is 14.4 Å². The first-order chi connectivity index (χ1) is 30.5. The van der Waals surface area contributed by atoms with E-state index in [9.17, 15) is 14.4 Å². The van der Waals surface area contributed by atoms with Crippen molar-refractivity contribution in [1.82, 2.24) is 0 Å². The van der Waals surface area contributed by atoms with Crippen LogP contribution in [0.15, 0.2) is 72.9 Å². The minimum Gasteiger partial charge on any atom is -0.462 e. The smallest absolute Gasteiger partial charge is 0.306 e. The van der Waals surface area contributed by atoms with Crippen LogP contribution in [0.3, 0.4) is 0 Å². The molecule has 0 fully saturated rings. The van der Waals surface area contributed by atoms with E-state index < -0.39 is 6.10 Å². The van der Waals surface area contributed by atoms with E-state index >= 15 is 0 Å². The summed E-state index contributed by atoms with van der Waals surface area (Å²) in [5.74, 6) is -0.985. The molecule has 1 unspecified atom stereocenters. The summed E-state index contributed by atoms with van der Waals surface area (Å²) < 4.78 is 16.7. The van der Waals surface area contributed by atoms with Gasteiger partial charge in [0.2, 0.25) is 0 Å². The second-order valence-electron chi connectivity index (χ2n) is 17.2. The average Bonchev–Trinajstić information content (AvgIpc) is 3.27. The maximum absolute atomic E-state index is 12.7. The van der Waals surface area contributed by atoms with E-state index in [0.29, 0.717) is 19.3 Å². The normalized spacial score (nSPS) is 12.6. The van der Waals surface area contributed by atoms with Gasteiger partial charge >= 0.3 is 17.9 Å². The van der Waals surface area contributed by atoms with Gasteiger partial charge in [-0.1, -0.05) is 241 Å². The molecule has 0 heterocycles. The Morgan fingerprint density at radius 1 is 0.339 bits per heavy atom. The SMILES string of the molecule is CC\C=C/C=C\C=C/C=C\C=C/CCCC(=O)OC(COC(=O)CCCCCCC/C=C\CCCCCCCCCCC)COC(=O)CCCCCCCCCCCCCCC. The van der Waals surface area contributed by atoms with Crippen LogP contribution in [0.4, 0.5) is 0 Å². The Kier molecular flexibility index (Phi) is 47.9. The lowest BCUT2D eigenvalue weighted by atomic mass is 10.0. The molecule has 0 aromatic heterocycles. The zero-order valence-electron chi connectivity index (χ0n) is 40.6. The molecular weight excluding hydrogens is 769 g/mol. The van der Waals surface area contributed by atoms with Crippen molar-refractivity contribution in [2.24, 2.45) is 0 Å². The van der Waals surface area contributed by atoms with Crippen LogP contribution in [0.1, 0.15) is 245 Å². The molecule has 0 saturated heterocycles. The highest BCUT2D eigenvalue weighted by Gasteiger charge is 2.19. The first-order valence-electron chi connectivity index (χ1n) is 26.0. The van der Waals surface area contributed by atoms with Gasteiger partial charge in [0.05, 0.1) is 0 Å². The van der Waals surface area contributed by atoms with Gasteiger partial charge in [0, 0.05) is 19.3 Å². The number of ether oxygens (including phenoxy) is 3. The molecular formula is C56H96O6. The number of rotatable bonds is 46. The van der Waals surface area contributed by atoms with Crippen molar-refractivity contribution >= 4 is 17.9 Å². The molecule has 356 valence electrons. The van der Waals surface area contributed by atoms with Crippen molar-refractivity contribution in [3.63, 3.8) is 0 Å². The van der Waals surface area contributed by atoms with Crippen LogP contribution in [0, 0.1) is 0 Å². The van der Waals surface area contributed by atoms with Gasteiger partial charge in [-0.2, -0.15) is 0 Å². The third kappa shape index (κ3) is 47.9. The van der Waals surface area contributed by atoms with Gasteiger partial charge < -0.3 is 14.2 Å². The van der Waals surface area contributed by atoms with E-state index in [1.165, 1.54) is 141 Å². The monoisotopic (exact) mass is 865 g/mol. The van der Waals surface area contributed by atoms with Crippen LogP contribution >= 0.6 is 0 Å². The number of carbonyl (C=O) groups excluding carboxylic acids is 3. The summed E-state index contributed by atoms with van der Waals surface area (Å²) in [6, 6.07) is 0. The highest BCUT2D eigenvalue weighted by molar-refractivity contribution is 5.71. The number of allylic oxidation sites excluding steroid dienone is 12. The Morgan fingerprint density at radius 2 is 0.661 bits per heavy atom. The van der Waals surface area contributed by atoms with E-state index in [1.54, 1.807) is 0 Å². The summed E-state index contributed by atoms with van der Waals surface area (Å²) >= 11 is 0. The van der Waals surface area contributed by atoms with Crippen LogP contribution in [-0.2, 0) is 28.6 Å². The highest BCUT2D eigenvalue weighted by Crippen LogP contribution is 2.15. The number of hydrogen-bond donors (Lipinski definition) is 0. The molecule has 0 rings (SSSR count). The number of esters is 3. The zero-order chi connectivity index (χ0) is 45.1. The lowest BCUT2D eigenvalue weighted by molar-refractivity contribution is -0.167. The molecule has 0 radical (unpaired) electrons. The maximum atomic E-state index is 12.7. The first-order valence-corrected chi connectivity index (χ1v) is 26.0. The van der Waals surface area contributed by atoms with Crippen LogP contribution in [0.2, 0.25) is 0 Å². The zero-order valence-corrected chi connectivity index (χ0v) is 40.6. The molecule has 62 heavy (non-hydrogen) atoms. The molecule has 0 aromatic carbocycles. The minimum absolute atomic E-state index is 0.105. The van der Waals surface area contributed by atoms with Crippen molar-refractivity contribution in [3.05, 3.63) is 72.9 Å². The van der Waals surface area contributed by atoms with E-state index in [4.69, 9.17) is 14.2 Å². The number of carbonyl (C=O) groups is 3. The van der Waals surface area contributed by atoms with Gasteiger partial charge in [-0.05, 0) is 57.8 Å². The van der Waals surface area contributed by atoms with Crippen LogP contribution in [-0.4, -0.2) is 37.2 Å². The van der Waals surface area contributed by atoms with Crippen molar-refractivity contribution in [2.45, 2.75) is 252 Å². The highest BCUT2D eigenvalue weighted by atomic mass is 16.6. The number of hydrogen-bond acceptors (Lipinski definition) is 6. The Bertz CT molecular complexity index is 1180. The summed E-state index contributed by atoms with van der Waals surface area (Å²) in [6.45, 7) is 6.43. The average molecular weight is 865 g/mol. The molecule has 0 amide bonds. The molecule has 6 heteroatoms. The van der Waals surface area contributed by atoms with E-state index in [0.717, 1.165) is 57.8 Å². The molecule has 0 N–H and O–H groups in total. The van der Waals surface area contributed by atoms with Gasteiger partial charge in [-0.25, -0.2) is 0 Å². The lowest BCUT2D eigenvalue weighted by Gasteiger charge is -2.18. The fraction of sp³-hybridized carbons (Fsp3) is 0.732. The summed E-state index contributed by atoms with van der Waals surface area (Å²) in [5, 5.41) is 0. The summed E-state index contributed by atoms with van der Waals surface area (Å²) in [4.78, 5) is 37.9. The van der Waals surface area contributed by atoms with Crippen molar-refractivity contribution in [3.8, 4) is 0 Å². The second-order valence-corrected chi connectivity index (χ2v) is 17.2. The third-order valence-electron chi connectivity index (χ3n) is 11.1. The lowest BCUT2D eigenvalue weighted by Crippen LogP contribution is -2.30. The fourth-order valence-electron chi connectivity index (χ4n) is 7.17. The molecule has 0 aliphatic carbocycles. The quantitative estimate of drug-likeness (QED) is 0.0199. The molecule has 6 nitrogen and oxygen atoms in total. The van der Waals surface area contributed by atoms with Gasteiger partial charge in [0.15, 0.2) is 6.10 Å².